The Balaban J connectivity index is 1.82. The molecule has 2 heterocycles. The number of hydrogen-bond donors (Lipinski definition) is 2. The fourth-order valence-corrected chi connectivity index (χ4v) is 2.92. The first-order valence-electron chi connectivity index (χ1n) is 7.80. The number of hydrogen-bond acceptors (Lipinski definition) is 4. The predicted molar refractivity (Wildman–Crippen MR) is 88.1 cm³/mol. The lowest BCUT2D eigenvalue weighted by Crippen LogP contribution is -2.53. The van der Waals surface area contributed by atoms with Crippen LogP contribution in [0.2, 0.25) is 0 Å². The summed E-state index contributed by atoms with van der Waals surface area (Å²) in [6, 6.07) is 9.76. The van der Waals surface area contributed by atoms with Crippen molar-refractivity contribution in [2.45, 2.75) is 25.5 Å². The number of aromatic amines is 1. The highest BCUT2D eigenvalue weighted by Crippen LogP contribution is 2.20. The van der Waals surface area contributed by atoms with Crippen molar-refractivity contribution in [2.24, 2.45) is 5.73 Å². The molecule has 1 fully saturated rings. The van der Waals surface area contributed by atoms with Gasteiger partial charge in [-0.15, -0.1) is 0 Å². The summed E-state index contributed by atoms with van der Waals surface area (Å²) >= 11 is 0. The molecule has 6 heteroatoms. The van der Waals surface area contributed by atoms with E-state index in [0.29, 0.717) is 24.6 Å². The van der Waals surface area contributed by atoms with Gasteiger partial charge in [0.25, 0.3) is 5.91 Å². The second-order valence-electron chi connectivity index (χ2n) is 5.90. The molecule has 1 amide bonds. The normalized spacial score (nSPS) is 21.4. The number of amides is 1. The summed E-state index contributed by atoms with van der Waals surface area (Å²) < 4.78 is 5.38. The number of nitrogens with one attached hydrogen (secondary N) is 1. The van der Waals surface area contributed by atoms with Crippen LogP contribution in [-0.4, -0.2) is 53.1 Å². The van der Waals surface area contributed by atoms with Crippen LogP contribution in [0.1, 0.15) is 22.6 Å². The maximum Gasteiger partial charge on any atom is 0.274 e. The molecule has 0 spiro atoms. The van der Waals surface area contributed by atoms with Gasteiger partial charge in [0, 0.05) is 37.5 Å². The molecular formula is C17H22N4O2. The van der Waals surface area contributed by atoms with E-state index in [1.165, 1.54) is 0 Å². The van der Waals surface area contributed by atoms with Crippen molar-refractivity contribution in [1.29, 1.82) is 0 Å². The molecule has 23 heavy (non-hydrogen) atoms. The molecule has 0 unspecified atom stereocenters. The number of ether oxygens (including phenoxy) is 1. The van der Waals surface area contributed by atoms with Crippen molar-refractivity contribution < 1.29 is 9.53 Å². The molecule has 0 aliphatic carbocycles. The van der Waals surface area contributed by atoms with Crippen molar-refractivity contribution in [3.63, 3.8) is 0 Å². The van der Waals surface area contributed by atoms with Crippen molar-refractivity contribution in [3.05, 3.63) is 41.7 Å². The van der Waals surface area contributed by atoms with Gasteiger partial charge in [0.2, 0.25) is 0 Å². The third-order valence-corrected chi connectivity index (χ3v) is 4.33. The predicted octanol–water partition coefficient (Wildman–Crippen LogP) is 1.57. The average Bonchev–Trinajstić information content (AvgIpc) is 2.97. The number of benzene rings is 1. The van der Waals surface area contributed by atoms with E-state index in [1.54, 1.807) is 12.0 Å². The van der Waals surface area contributed by atoms with Gasteiger partial charge < -0.3 is 20.4 Å². The largest absolute Gasteiger partial charge is 0.378 e. The number of nitrogens with zero attached hydrogens (tertiary/aromatic N) is 2. The summed E-state index contributed by atoms with van der Waals surface area (Å²) in [5, 5.41) is 0. The Morgan fingerprint density at radius 1 is 1.39 bits per heavy atom. The number of carbonyl (C=O) groups is 1. The van der Waals surface area contributed by atoms with E-state index in [9.17, 15) is 4.79 Å². The van der Waals surface area contributed by atoms with E-state index < -0.39 is 0 Å². The zero-order chi connectivity index (χ0) is 16.4. The molecule has 1 saturated heterocycles. The third-order valence-electron chi connectivity index (χ3n) is 4.33. The van der Waals surface area contributed by atoms with Crippen LogP contribution < -0.4 is 5.73 Å². The summed E-state index contributed by atoms with van der Waals surface area (Å²) in [7, 11) is 1.63. The molecular weight excluding hydrogens is 292 g/mol. The lowest BCUT2D eigenvalue weighted by molar-refractivity contribution is 0.0159. The second-order valence-corrected chi connectivity index (χ2v) is 5.90. The Kier molecular flexibility index (Phi) is 4.45. The number of methoxy groups -OCH3 is 1. The molecule has 3 N–H and O–H groups in total. The zero-order valence-corrected chi connectivity index (χ0v) is 13.5. The van der Waals surface area contributed by atoms with Crippen LogP contribution >= 0.6 is 0 Å². The number of likely N-dealkylation sites (tertiary alicyclic amines) is 1. The molecule has 1 aliphatic rings. The monoisotopic (exact) mass is 314 g/mol. The minimum atomic E-state index is -0.124. The first-order valence-corrected chi connectivity index (χ1v) is 7.80. The number of aromatic nitrogens is 2. The summed E-state index contributed by atoms with van der Waals surface area (Å²) in [5.41, 5.74) is 8.22. The van der Waals surface area contributed by atoms with Gasteiger partial charge in [-0.1, -0.05) is 30.3 Å². The lowest BCUT2D eigenvalue weighted by Gasteiger charge is -2.35. The number of rotatable bonds is 3. The van der Waals surface area contributed by atoms with Crippen LogP contribution in [0.3, 0.4) is 0 Å². The number of H-pyrrole nitrogens is 1. The number of aryl methyl sites for hydroxylation is 1. The highest BCUT2D eigenvalue weighted by molar-refractivity contribution is 5.94. The summed E-state index contributed by atoms with van der Waals surface area (Å²) in [5.74, 6) is 0.637. The van der Waals surface area contributed by atoms with E-state index >= 15 is 0 Å². The summed E-state index contributed by atoms with van der Waals surface area (Å²) in [6.45, 7) is 3.01. The molecule has 3 rings (SSSR count). The molecule has 0 saturated carbocycles. The summed E-state index contributed by atoms with van der Waals surface area (Å²) in [6.07, 6.45) is 0.611. The number of imidazole rings is 1. The van der Waals surface area contributed by atoms with E-state index in [2.05, 4.69) is 9.97 Å². The topological polar surface area (TPSA) is 84.2 Å². The van der Waals surface area contributed by atoms with Gasteiger partial charge in [-0.3, -0.25) is 4.79 Å². The Bertz CT molecular complexity index is 683. The van der Waals surface area contributed by atoms with Gasteiger partial charge in [0.1, 0.15) is 11.5 Å². The van der Waals surface area contributed by atoms with Crippen molar-refractivity contribution in [2.75, 3.05) is 20.2 Å². The Hall–Kier alpha value is -2.18. The maximum absolute atomic E-state index is 12.8. The molecule has 122 valence electrons. The van der Waals surface area contributed by atoms with Gasteiger partial charge in [-0.25, -0.2) is 4.98 Å². The number of carbonyl (C=O) groups excluding carboxylic acids is 1. The SMILES string of the molecule is CO[C@@H]1CN(C(=O)c2nc(-c3ccccc3)[nH]c2C)CC[C@@H]1N. The molecule has 0 radical (unpaired) electrons. The Morgan fingerprint density at radius 3 is 2.83 bits per heavy atom. The van der Waals surface area contributed by atoms with Crippen LogP contribution in [0.25, 0.3) is 11.4 Å². The van der Waals surface area contributed by atoms with Gasteiger partial charge in [-0.05, 0) is 13.3 Å². The van der Waals surface area contributed by atoms with Gasteiger partial charge in [0.15, 0.2) is 0 Å². The molecule has 1 aliphatic heterocycles. The minimum Gasteiger partial charge on any atom is -0.378 e. The number of nitrogens with two attached hydrogens (primary N) is 1. The molecule has 6 nitrogen and oxygen atoms in total. The standard InChI is InChI=1S/C17H22N4O2/c1-11-15(20-16(19-11)12-6-4-3-5-7-12)17(22)21-9-8-13(18)14(10-21)23-2/h3-7,13-14H,8-10,18H2,1-2H3,(H,19,20)/t13-,14+/m0/s1. The molecule has 2 atom stereocenters. The minimum absolute atomic E-state index is 0.0239. The Labute approximate surface area is 135 Å². The van der Waals surface area contributed by atoms with Crippen molar-refractivity contribution >= 4 is 5.91 Å². The summed E-state index contributed by atoms with van der Waals surface area (Å²) in [4.78, 5) is 22.3. The molecule has 1 aromatic heterocycles. The van der Waals surface area contributed by atoms with Gasteiger partial charge in [-0.2, -0.15) is 0 Å². The van der Waals surface area contributed by atoms with E-state index in [-0.39, 0.29) is 18.1 Å². The molecule has 0 bridgehead atoms. The fraction of sp³-hybridized carbons (Fsp3) is 0.412. The first kappa shape index (κ1) is 15.7. The lowest BCUT2D eigenvalue weighted by atomic mass is 10.0. The maximum atomic E-state index is 12.8. The van der Waals surface area contributed by atoms with Gasteiger partial charge >= 0.3 is 0 Å². The molecule has 1 aromatic carbocycles. The van der Waals surface area contributed by atoms with Gasteiger partial charge in [0.05, 0.1) is 6.10 Å². The number of piperidine rings is 1. The van der Waals surface area contributed by atoms with E-state index in [1.807, 2.05) is 37.3 Å². The average molecular weight is 314 g/mol. The zero-order valence-electron chi connectivity index (χ0n) is 13.5. The van der Waals surface area contributed by atoms with Crippen LogP contribution in [0.5, 0.6) is 0 Å². The van der Waals surface area contributed by atoms with Crippen LogP contribution in [0.4, 0.5) is 0 Å². The fourth-order valence-electron chi connectivity index (χ4n) is 2.92. The first-order chi connectivity index (χ1) is 11.1. The highest BCUT2D eigenvalue weighted by atomic mass is 16.5. The van der Waals surface area contributed by atoms with Crippen molar-refractivity contribution in [3.8, 4) is 11.4 Å². The van der Waals surface area contributed by atoms with E-state index in [4.69, 9.17) is 10.5 Å². The van der Waals surface area contributed by atoms with Crippen LogP contribution in [0, 0.1) is 6.92 Å². The Morgan fingerprint density at radius 2 is 2.13 bits per heavy atom. The molecule has 2 aromatic rings. The smallest absolute Gasteiger partial charge is 0.274 e. The highest BCUT2D eigenvalue weighted by Gasteiger charge is 2.31. The van der Waals surface area contributed by atoms with E-state index in [0.717, 1.165) is 17.7 Å². The quantitative estimate of drug-likeness (QED) is 0.901. The van der Waals surface area contributed by atoms with Crippen molar-refractivity contribution in [1.82, 2.24) is 14.9 Å². The third kappa shape index (κ3) is 3.13. The van der Waals surface area contributed by atoms with Crippen LogP contribution in [-0.2, 0) is 4.74 Å². The second kappa shape index (κ2) is 6.52. The van der Waals surface area contributed by atoms with Crippen LogP contribution in [0.15, 0.2) is 30.3 Å².